The number of hydrogen-bond acceptors (Lipinski definition) is 3. The van der Waals surface area contributed by atoms with E-state index in [1.807, 2.05) is 0 Å². The summed E-state index contributed by atoms with van der Waals surface area (Å²) in [6.45, 7) is 0. The highest BCUT2D eigenvalue weighted by molar-refractivity contribution is 14.1. The minimum absolute atomic E-state index is 0.1000. The first-order valence-electron chi connectivity index (χ1n) is 5.87. The van der Waals surface area contributed by atoms with Crippen LogP contribution in [0.4, 0.5) is 5.69 Å². The molecule has 2 rings (SSSR count). The molecule has 104 valence electrons. The summed E-state index contributed by atoms with van der Waals surface area (Å²) in [7, 11) is -3.30. The highest BCUT2D eigenvalue weighted by Gasteiger charge is 2.34. The Bertz CT molecular complexity index is 603. The average molecular weight is 414 g/mol. The van der Waals surface area contributed by atoms with E-state index in [4.69, 9.17) is 11.6 Å². The fourth-order valence-corrected chi connectivity index (χ4v) is 4.86. The predicted molar refractivity (Wildman–Crippen MR) is 84.2 cm³/mol. The van der Waals surface area contributed by atoms with Crippen LogP contribution in [-0.2, 0) is 14.6 Å². The van der Waals surface area contributed by atoms with E-state index >= 15 is 0 Å². The van der Waals surface area contributed by atoms with Crippen LogP contribution >= 0.6 is 34.2 Å². The van der Waals surface area contributed by atoms with Crippen LogP contribution < -0.4 is 5.32 Å². The quantitative estimate of drug-likeness (QED) is 0.758. The van der Waals surface area contributed by atoms with Gasteiger partial charge in [0, 0.05) is 8.59 Å². The van der Waals surface area contributed by atoms with Crippen molar-refractivity contribution in [2.24, 2.45) is 0 Å². The SMILES string of the molecule is O=C(Nc1ccc(Cl)cc1I)C1CCCCS1(=O)=O. The molecule has 19 heavy (non-hydrogen) atoms. The third-order valence-corrected chi connectivity index (χ3v) is 6.36. The van der Waals surface area contributed by atoms with E-state index in [0.29, 0.717) is 23.6 Å². The van der Waals surface area contributed by atoms with Crippen LogP contribution in [0.5, 0.6) is 0 Å². The zero-order chi connectivity index (χ0) is 14.0. The lowest BCUT2D eigenvalue weighted by Crippen LogP contribution is -2.39. The van der Waals surface area contributed by atoms with E-state index in [1.54, 1.807) is 18.2 Å². The van der Waals surface area contributed by atoms with Crippen LogP contribution in [0.25, 0.3) is 0 Å². The van der Waals surface area contributed by atoms with Crippen molar-refractivity contribution in [3.05, 3.63) is 26.8 Å². The molecule has 1 atom stereocenters. The van der Waals surface area contributed by atoms with Crippen LogP contribution in [0.1, 0.15) is 19.3 Å². The summed E-state index contributed by atoms with van der Waals surface area (Å²) >= 11 is 7.88. The lowest BCUT2D eigenvalue weighted by molar-refractivity contribution is -0.116. The van der Waals surface area contributed by atoms with Crippen molar-refractivity contribution in [1.29, 1.82) is 0 Å². The van der Waals surface area contributed by atoms with Gasteiger partial charge in [0.25, 0.3) is 0 Å². The molecule has 1 aliphatic rings. The number of amides is 1. The fraction of sp³-hybridized carbons (Fsp3) is 0.417. The first-order valence-corrected chi connectivity index (χ1v) is 9.05. The molecule has 4 nitrogen and oxygen atoms in total. The molecule has 0 bridgehead atoms. The van der Waals surface area contributed by atoms with Crippen molar-refractivity contribution in [3.63, 3.8) is 0 Å². The molecule has 1 aromatic carbocycles. The van der Waals surface area contributed by atoms with Crippen LogP contribution in [-0.4, -0.2) is 25.3 Å². The molecule has 1 unspecified atom stereocenters. The Hall–Kier alpha value is -0.340. The summed E-state index contributed by atoms with van der Waals surface area (Å²) in [5.41, 5.74) is 0.593. The molecule has 1 aromatic rings. The van der Waals surface area contributed by atoms with Crippen molar-refractivity contribution in [1.82, 2.24) is 0 Å². The lowest BCUT2D eigenvalue weighted by atomic mass is 10.2. The predicted octanol–water partition coefficient (Wildman–Crippen LogP) is 2.85. The smallest absolute Gasteiger partial charge is 0.242 e. The maximum atomic E-state index is 12.1. The number of halogens is 2. The molecular formula is C12H13ClINO3S. The zero-order valence-electron chi connectivity index (χ0n) is 10.0. The topological polar surface area (TPSA) is 63.2 Å². The monoisotopic (exact) mass is 413 g/mol. The number of nitrogens with one attached hydrogen (secondary N) is 1. The number of anilines is 1. The molecule has 1 aliphatic heterocycles. The number of benzene rings is 1. The van der Waals surface area contributed by atoms with Gasteiger partial charge in [-0.25, -0.2) is 8.42 Å². The second-order valence-electron chi connectivity index (χ2n) is 4.46. The molecule has 1 N–H and O–H groups in total. The molecule has 0 radical (unpaired) electrons. The number of rotatable bonds is 2. The Balaban J connectivity index is 2.17. The van der Waals surface area contributed by atoms with Crippen LogP contribution in [0.15, 0.2) is 18.2 Å². The summed E-state index contributed by atoms with van der Waals surface area (Å²) in [4.78, 5) is 12.1. The number of sulfone groups is 1. The van der Waals surface area contributed by atoms with E-state index in [-0.39, 0.29) is 5.75 Å². The maximum Gasteiger partial charge on any atom is 0.242 e. The molecule has 0 aromatic heterocycles. The molecule has 0 aliphatic carbocycles. The summed E-state index contributed by atoms with van der Waals surface area (Å²) in [5.74, 6) is -0.345. The number of carbonyl (C=O) groups is 1. The van der Waals surface area contributed by atoms with Gasteiger partial charge in [-0.05, 0) is 53.6 Å². The van der Waals surface area contributed by atoms with Gasteiger partial charge in [0.05, 0.1) is 11.4 Å². The fourth-order valence-electron chi connectivity index (χ4n) is 2.05. The van der Waals surface area contributed by atoms with Gasteiger partial charge < -0.3 is 5.32 Å². The van der Waals surface area contributed by atoms with E-state index in [1.165, 1.54) is 0 Å². The molecule has 0 saturated carbocycles. The summed E-state index contributed by atoms with van der Waals surface area (Å²) in [6, 6.07) is 5.05. The van der Waals surface area contributed by atoms with Gasteiger partial charge in [0.1, 0.15) is 5.25 Å². The van der Waals surface area contributed by atoms with Crippen molar-refractivity contribution in [2.45, 2.75) is 24.5 Å². The maximum absolute atomic E-state index is 12.1. The second-order valence-corrected chi connectivity index (χ2v) is 8.37. The van der Waals surface area contributed by atoms with Crippen LogP contribution in [0.3, 0.4) is 0 Å². The molecule has 1 saturated heterocycles. The summed E-state index contributed by atoms with van der Waals surface area (Å²) in [5, 5.41) is 2.33. The highest BCUT2D eigenvalue weighted by Crippen LogP contribution is 2.25. The Morgan fingerprint density at radius 2 is 2.11 bits per heavy atom. The Morgan fingerprint density at radius 3 is 2.74 bits per heavy atom. The van der Waals surface area contributed by atoms with Crippen molar-refractivity contribution >= 4 is 55.6 Å². The van der Waals surface area contributed by atoms with Gasteiger partial charge >= 0.3 is 0 Å². The highest BCUT2D eigenvalue weighted by atomic mass is 127. The standard InChI is InChI=1S/C12H13ClINO3S/c13-8-4-5-10(9(14)7-8)15-12(16)11-3-1-2-6-19(11,17)18/h4-5,7,11H,1-3,6H2,(H,15,16). The normalized spacial score (nSPS) is 21.9. The van der Waals surface area contributed by atoms with E-state index in [2.05, 4.69) is 27.9 Å². The Morgan fingerprint density at radius 1 is 1.37 bits per heavy atom. The molecule has 1 heterocycles. The van der Waals surface area contributed by atoms with Gasteiger partial charge in [-0.3, -0.25) is 4.79 Å². The molecule has 0 spiro atoms. The average Bonchev–Trinajstić information content (AvgIpc) is 2.32. The van der Waals surface area contributed by atoms with Gasteiger partial charge in [-0.1, -0.05) is 18.0 Å². The van der Waals surface area contributed by atoms with Gasteiger partial charge in [0.15, 0.2) is 9.84 Å². The zero-order valence-corrected chi connectivity index (χ0v) is 13.8. The van der Waals surface area contributed by atoms with Crippen molar-refractivity contribution in [2.75, 3.05) is 11.1 Å². The van der Waals surface area contributed by atoms with Crippen LogP contribution in [0.2, 0.25) is 5.02 Å². The largest absolute Gasteiger partial charge is 0.324 e. The molecule has 7 heteroatoms. The summed E-state index contributed by atoms with van der Waals surface area (Å²) in [6.07, 6.45) is 1.82. The van der Waals surface area contributed by atoms with Crippen LogP contribution in [0, 0.1) is 3.57 Å². The van der Waals surface area contributed by atoms with Gasteiger partial charge in [-0.2, -0.15) is 0 Å². The molecular weight excluding hydrogens is 401 g/mol. The third kappa shape index (κ3) is 3.61. The summed E-state index contributed by atoms with van der Waals surface area (Å²) < 4.78 is 24.5. The third-order valence-electron chi connectivity index (χ3n) is 3.06. The van der Waals surface area contributed by atoms with Gasteiger partial charge in [0.2, 0.25) is 5.91 Å². The van der Waals surface area contributed by atoms with E-state index < -0.39 is 21.0 Å². The minimum atomic E-state index is -3.30. The molecule has 1 fully saturated rings. The first kappa shape index (κ1) is 15.1. The minimum Gasteiger partial charge on any atom is -0.324 e. The number of carbonyl (C=O) groups excluding carboxylic acids is 1. The number of hydrogen-bond donors (Lipinski definition) is 1. The van der Waals surface area contributed by atoms with E-state index in [0.717, 1.165) is 9.99 Å². The van der Waals surface area contributed by atoms with E-state index in [9.17, 15) is 13.2 Å². The molecule has 1 amide bonds. The lowest BCUT2D eigenvalue weighted by Gasteiger charge is -2.21. The first-order chi connectivity index (χ1) is 8.90. The van der Waals surface area contributed by atoms with Crippen molar-refractivity contribution in [3.8, 4) is 0 Å². The second kappa shape index (κ2) is 5.97. The van der Waals surface area contributed by atoms with Crippen molar-refractivity contribution < 1.29 is 13.2 Å². The van der Waals surface area contributed by atoms with Gasteiger partial charge in [-0.15, -0.1) is 0 Å². The Kier molecular flexibility index (Phi) is 4.73. The Labute approximate surface area is 131 Å².